The monoisotopic (exact) mass is 324 g/mol. The standard InChI is InChI=1S/C15H20N2O4S/c1-10-3-6-14(17(18)19)9-15(10)22(20,21)16(13-7-8-13)11(2)12-4-5-12/h3,6,9,11-13H,4-5,7-8H2,1-2H3/t11-/m0/s1. The van der Waals surface area contributed by atoms with Gasteiger partial charge < -0.3 is 0 Å². The molecule has 2 aliphatic rings. The average molecular weight is 324 g/mol. The molecular formula is C15H20N2O4S. The zero-order chi connectivity index (χ0) is 16.1. The Bertz CT molecular complexity index is 708. The molecule has 7 heteroatoms. The summed E-state index contributed by atoms with van der Waals surface area (Å²) in [6.45, 7) is 3.64. The molecule has 120 valence electrons. The Morgan fingerprint density at radius 2 is 1.91 bits per heavy atom. The Kier molecular flexibility index (Phi) is 3.72. The molecule has 0 aromatic heterocycles. The summed E-state index contributed by atoms with van der Waals surface area (Å²) in [4.78, 5) is 10.5. The van der Waals surface area contributed by atoms with Gasteiger partial charge in [0.2, 0.25) is 10.0 Å². The molecule has 1 aromatic rings. The van der Waals surface area contributed by atoms with E-state index in [4.69, 9.17) is 0 Å². The van der Waals surface area contributed by atoms with Crippen molar-refractivity contribution in [2.24, 2.45) is 5.92 Å². The summed E-state index contributed by atoms with van der Waals surface area (Å²) in [5.74, 6) is 0.425. The topological polar surface area (TPSA) is 80.5 Å². The van der Waals surface area contributed by atoms with E-state index in [0.717, 1.165) is 25.7 Å². The molecule has 0 bridgehead atoms. The number of benzene rings is 1. The van der Waals surface area contributed by atoms with Crippen LogP contribution >= 0.6 is 0 Å². The molecule has 1 atom stereocenters. The van der Waals surface area contributed by atoms with E-state index >= 15 is 0 Å². The number of aryl methyl sites for hydroxylation is 1. The Morgan fingerprint density at radius 1 is 1.27 bits per heavy atom. The third-order valence-corrected chi connectivity index (χ3v) is 6.73. The van der Waals surface area contributed by atoms with Gasteiger partial charge in [0.1, 0.15) is 0 Å². The maximum atomic E-state index is 13.1. The number of non-ortho nitro benzene ring substituents is 1. The molecule has 0 heterocycles. The maximum Gasteiger partial charge on any atom is 0.270 e. The summed E-state index contributed by atoms with van der Waals surface area (Å²) in [5.41, 5.74) is 0.373. The van der Waals surface area contributed by atoms with Crippen LogP contribution in [-0.2, 0) is 10.0 Å². The summed E-state index contributed by atoms with van der Waals surface area (Å²) < 4.78 is 27.8. The van der Waals surface area contributed by atoms with Crippen molar-refractivity contribution in [1.29, 1.82) is 0 Å². The third-order valence-electron chi connectivity index (χ3n) is 4.55. The molecular weight excluding hydrogens is 304 g/mol. The quantitative estimate of drug-likeness (QED) is 0.595. The number of rotatable bonds is 6. The summed E-state index contributed by atoms with van der Waals surface area (Å²) in [5, 5.41) is 11.0. The normalized spacial score (nSPS) is 20.1. The molecule has 2 aliphatic carbocycles. The van der Waals surface area contributed by atoms with Crippen molar-refractivity contribution < 1.29 is 13.3 Å². The van der Waals surface area contributed by atoms with Crippen LogP contribution in [0.1, 0.15) is 38.2 Å². The van der Waals surface area contributed by atoms with Gasteiger partial charge in [-0.1, -0.05) is 6.07 Å². The molecule has 0 aliphatic heterocycles. The van der Waals surface area contributed by atoms with Crippen molar-refractivity contribution >= 4 is 15.7 Å². The van der Waals surface area contributed by atoms with Crippen LogP contribution in [0, 0.1) is 23.0 Å². The average Bonchev–Trinajstić information content (AvgIpc) is 3.31. The van der Waals surface area contributed by atoms with E-state index in [1.807, 2.05) is 6.92 Å². The lowest BCUT2D eigenvalue weighted by Crippen LogP contribution is -2.41. The Balaban J connectivity index is 2.03. The molecule has 3 rings (SSSR count). The lowest BCUT2D eigenvalue weighted by Gasteiger charge is -2.29. The summed E-state index contributed by atoms with van der Waals surface area (Å²) in [6.07, 6.45) is 3.89. The minimum Gasteiger partial charge on any atom is -0.258 e. The molecule has 0 radical (unpaired) electrons. The van der Waals surface area contributed by atoms with Crippen molar-refractivity contribution in [3.05, 3.63) is 33.9 Å². The first-order valence-electron chi connectivity index (χ1n) is 7.61. The molecule has 2 fully saturated rings. The van der Waals surface area contributed by atoms with Gasteiger partial charge in [-0.05, 0) is 51.0 Å². The van der Waals surface area contributed by atoms with E-state index < -0.39 is 14.9 Å². The number of nitro benzene ring substituents is 1. The number of nitro groups is 1. The second kappa shape index (κ2) is 5.31. The van der Waals surface area contributed by atoms with Gasteiger partial charge in [-0.25, -0.2) is 8.42 Å². The van der Waals surface area contributed by atoms with E-state index in [1.165, 1.54) is 18.2 Å². The fourth-order valence-electron chi connectivity index (χ4n) is 2.96. The highest BCUT2D eigenvalue weighted by atomic mass is 32.2. The van der Waals surface area contributed by atoms with Crippen LogP contribution in [0.15, 0.2) is 23.1 Å². The lowest BCUT2D eigenvalue weighted by atomic mass is 10.2. The van der Waals surface area contributed by atoms with Crippen LogP contribution in [0.5, 0.6) is 0 Å². The first-order valence-corrected chi connectivity index (χ1v) is 9.05. The summed E-state index contributed by atoms with van der Waals surface area (Å²) >= 11 is 0. The van der Waals surface area contributed by atoms with Crippen LogP contribution in [-0.4, -0.2) is 29.7 Å². The molecule has 22 heavy (non-hydrogen) atoms. The summed E-state index contributed by atoms with van der Waals surface area (Å²) in [7, 11) is -3.70. The number of nitrogens with zero attached hydrogens (tertiary/aromatic N) is 2. The van der Waals surface area contributed by atoms with Gasteiger partial charge in [0.05, 0.1) is 9.82 Å². The Hall–Kier alpha value is -1.47. The molecule has 0 unspecified atom stereocenters. The molecule has 6 nitrogen and oxygen atoms in total. The minimum atomic E-state index is -3.70. The molecule has 0 amide bonds. The minimum absolute atomic E-state index is 0.0313. The van der Waals surface area contributed by atoms with E-state index in [0.29, 0.717) is 11.5 Å². The molecule has 0 saturated heterocycles. The highest BCUT2D eigenvalue weighted by Gasteiger charge is 2.46. The van der Waals surface area contributed by atoms with Gasteiger partial charge in [-0.3, -0.25) is 10.1 Å². The van der Waals surface area contributed by atoms with E-state index in [9.17, 15) is 18.5 Å². The first-order chi connectivity index (χ1) is 10.3. The maximum absolute atomic E-state index is 13.1. The van der Waals surface area contributed by atoms with Gasteiger partial charge in [0, 0.05) is 24.2 Å². The van der Waals surface area contributed by atoms with Crippen LogP contribution in [0.2, 0.25) is 0 Å². The Labute approximate surface area is 130 Å². The van der Waals surface area contributed by atoms with Crippen molar-refractivity contribution in [3.8, 4) is 0 Å². The van der Waals surface area contributed by atoms with E-state index in [1.54, 1.807) is 11.2 Å². The largest absolute Gasteiger partial charge is 0.270 e. The number of hydrogen-bond donors (Lipinski definition) is 0. The van der Waals surface area contributed by atoms with Crippen molar-refractivity contribution in [2.75, 3.05) is 0 Å². The van der Waals surface area contributed by atoms with Crippen molar-refractivity contribution in [3.63, 3.8) is 0 Å². The second-order valence-electron chi connectivity index (χ2n) is 6.35. The van der Waals surface area contributed by atoms with Crippen molar-refractivity contribution in [1.82, 2.24) is 4.31 Å². The van der Waals surface area contributed by atoms with Gasteiger partial charge in [0.15, 0.2) is 0 Å². The van der Waals surface area contributed by atoms with Crippen LogP contribution in [0.3, 0.4) is 0 Å². The van der Waals surface area contributed by atoms with Gasteiger partial charge in [-0.2, -0.15) is 4.31 Å². The third kappa shape index (κ3) is 2.75. The first kappa shape index (κ1) is 15.4. The van der Waals surface area contributed by atoms with Crippen LogP contribution in [0.25, 0.3) is 0 Å². The fraction of sp³-hybridized carbons (Fsp3) is 0.600. The number of hydrogen-bond acceptors (Lipinski definition) is 4. The smallest absolute Gasteiger partial charge is 0.258 e. The van der Waals surface area contributed by atoms with Gasteiger partial charge in [0.25, 0.3) is 5.69 Å². The van der Waals surface area contributed by atoms with Crippen LogP contribution < -0.4 is 0 Å². The summed E-state index contributed by atoms with van der Waals surface area (Å²) in [6, 6.07) is 4.08. The highest BCUT2D eigenvalue weighted by Crippen LogP contribution is 2.43. The highest BCUT2D eigenvalue weighted by molar-refractivity contribution is 7.89. The molecule has 0 N–H and O–H groups in total. The van der Waals surface area contributed by atoms with Crippen LogP contribution in [0.4, 0.5) is 5.69 Å². The fourth-order valence-corrected chi connectivity index (χ4v) is 5.14. The predicted octanol–water partition coefficient (Wildman–Crippen LogP) is 2.85. The number of sulfonamides is 1. The SMILES string of the molecule is Cc1ccc([N+](=O)[O-])cc1S(=O)(=O)N(C1CC1)[C@@H](C)C1CC1. The second-order valence-corrected chi connectivity index (χ2v) is 8.16. The molecule has 2 saturated carbocycles. The van der Waals surface area contributed by atoms with Gasteiger partial charge in [-0.15, -0.1) is 0 Å². The molecule has 0 spiro atoms. The zero-order valence-corrected chi connectivity index (χ0v) is 13.5. The predicted molar refractivity (Wildman–Crippen MR) is 82.1 cm³/mol. The Morgan fingerprint density at radius 3 is 2.41 bits per heavy atom. The van der Waals surface area contributed by atoms with Gasteiger partial charge >= 0.3 is 0 Å². The van der Waals surface area contributed by atoms with Crippen molar-refractivity contribution in [2.45, 2.75) is 56.5 Å². The molecule has 1 aromatic carbocycles. The zero-order valence-electron chi connectivity index (χ0n) is 12.7. The van der Waals surface area contributed by atoms with E-state index in [2.05, 4.69) is 0 Å². The lowest BCUT2D eigenvalue weighted by molar-refractivity contribution is -0.385. The van der Waals surface area contributed by atoms with E-state index in [-0.39, 0.29) is 22.7 Å².